The third-order valence-corrected chi connectivity index (χ3v) is 6.61. The van der Waals surface area contributed by atoms with E-state index in [1.165, 1.54) is 6.07 Å². The van der Waals surface area contributed by atoms with Gasteiger partial charge in [-0.15, -0.1) is 0 Å². The monoisotopic (exact) mass is 503 g/mol. The van der Waals surface area contributed by atoms with Crippen molar-refractivity contribution in [2.24, 2.45) is 0 Å². The number of amides is 3. The summed E-state index contributed by atoms with van der Waals surface area (Å²) in [6.45, 7) is 5.38. The van der Waals surface area contributed by atoms with Crippen molar-refractivity contribution >= 4 is 40.9 Å². The van der Waals surface area contributed by atoms with E-state index in [0.717, 1.165) is 18.4 Å². The minimum Gasteiger partial charge on any atom is -0.340 e. The van der Waals surface area contributed by atoms with Crippen LogP contribution < -0.4 is 5.32 Å². The number of carbonyl (C=O) groups excluding carboxylic acids is 3. The number of rotatable bonds is 8. The Hall–Kier alpha value is -2.57. The first kappa shape index (κ1) is 26.0. The van der Waals surface area contributed by atoms with Crippen molar-refractivity contribution in [1.29, 1.82) is 0 Å². The Kier molecular flexibility index (Phi) is 9.36. The minimum absolute atomic E-state index is 0.0826. The van der Waals surface area contributed by atoms with E-state index in [1.807, 2.05) is 42.2 Å². The van der Waals surface area contributed by atoms with E-state index in [2.05, 4.69) is 12.2 Å². The molecule has 2 aromatic carbocycles. The first-order valence-corrected chi connectivity index (χ1v) is 12.4. The molecule has 0 radical (unpaired) electrons. The third-order valence-electron chi connectivity index (χ3n) is 6.07. The van der Waals surface area contributed by atoms with Crippen LogP contribution in [0, 0.1) is 0 Å². The number of carbonyl (C=O) groups is 3. The lowest BCUT2D eigenvalue weighted by molar-refractivity contribution is -0.143. The first-order chi connectivity index (χ1) is 16.3. The molecule has 1 aliphatic heterocycles. The summed E-state index contributed by atoms with van der Waals surface area (Å²) in [6, 6.07) is 13.3. The molecule has 1 saturated heterocycles. The summed E-state index contributed by atoms with van der Waals surface area (Å²) >= 11 is 12.2. The van der Waals surface area contributed by atoms with Gasteiger partial charge in [0.2, 0.25) is 11.8 Å². The second-order valence-electron chi connectivity index (χ2n) is 8.66. The number of halogens is 2. The van der Waals surface area contributed by atoms with Gasteiger partial charge in [-0.25, -0.2) is 0 Å². The van der Waals surface area contributed by atoms with Crippen LogP contribution in [0.5, 0.6) is 0 Å². The van der Waals surface area contributed by atoms with E-state index < -0.39 is 11.9 Å². The summed E-state index contributed by atoms with van der Waals surface area (Å²) in [5, 5.41) is 3.53. The Labute approximate surface area is 211 Å². The molecule has 34 heavy (non-hydrogen) atoms. The largest absolute Gasteiger partial charge is 0.340 e. The molecule has 3 rings (SSSR count). The number of piperazine rings is 1. The molecule has 2 atom stereocenters. The normalized spacial score (nSPS) is 16.8. The zero-order chi connectivity index (χ0) is 24.7. The van der Waals surface area contributed by atoms with Crippen LogP contribution >= 0.6 is 23.2 Å². The quantitative estimate of drug-likeness (QED) is 0.572. The highest BCUT2D eigenvalue weighted by molar-refractivity contribution is 6.36. The van der Waals surface area contributed by atoms with Gasteiger partial charge >= 0.3 is 0 Å². The van der Waals surface area contributed by atoms with Crippen LogP contribution in [0.1, 0.15) is 49.0 Å². The van der Waals surface area contributed by atoms with E-state index in [0.29, 0.717) is 37.5 Å². The number of benzene rings is 2. The van der Waals surface area contributed by atoms with Gasteiger partial charge in [-0.3, -0.25) is 14.4 Å². The Morgan fingerprint density at radius 1 is 1.09 bits per heavy atom. The van der Waals surface area contributed by atoms with Crippen LogP contribution in [0.3, 0.4) is 0 Å². The van der Waals surface area contributed by atoms with E-state index in [1.54, 1.807) is 17.0 Å². The molecular formula is C26H31Cl2N3O3. The number of nitrogens with one attached hydrogen (secondary N) is 1. The van der Waals surface area contributed by atoms with Crippen LogP contribution in [-0.2, 0) is 16.0 Å². The van der Waals surface area contributed by atoms with Crippen molar-refractivity contribution in [3.63, 3.8) is 0 Å². The van der Waals surface area contributed by atoms with Crippen molar-refractivity contribution in [1.82, 2.24) is 15.1 Å². The summed E-state index contributed by atoms with van der Waals surface area (Å²) in [6.07, 6.45) is 2.71. The zero-order valence-corrected chi connectivity index (χ0v) is 21.1. The van der Waals surface area contributed by atoms with Crippen molar-refractivity contribution < 1.29 is 14.4 Å². The molecule has 2 aromatic rings. The zero-order valence-electron chi connectivity index (χ0n) is 19.6. The number of unbranched alkanes of at least 4 members (excludes halogenated alkanes) is 1. The number of hydrogen-bond donors (Lipinski definition) is 1. The molecule has 8 heteroatoms. The Morgan fingerprint density at radius 3 is 2.47 bits per heavy atom. The fourth-order valence-electron chi connectivity index (χ4n) is 4.18. The second-order valence-corrected chi connectivity index (χ2v) is 9.51. The fourth-order valence-corrected chi connectivity index (χ4v) is 4.67. The predicted molar refractivity (Wildman–Crippen MR) is 135 cm³/mol. The highest BCUT2D eigenvalue weighted by Crippen LogP contribution is 2.21. The SMILES string of the molecule is CCCCC(=O)N1CCN(C(=O)C(Cc2ccccc2)NC(=O)c2ccc(Cl)cc2Cl)CC1C. The minimum atomic E-state index is -0.767. The molecule has 0 saturated carbocycles. The van der Waals surface area contributed by atoms with Gasteiger partial charge in [-0.2, -0.15) is 0 Å². The average molecular weight is 504 g/mol. The summed E-state index contributed by atoms with van der Waals surface area (Å²) in [5.74, 6) is -0.472. The molecule has 0 spiro atoms. The summed E-state index contributed by atoms with van der Waals surface area (Å²) < 4.78 is 0. The van der Waals surface area contributed by atoms with Gasteiger partial charge in [0.05, 0.1) is 10.6 Å². The van der Waals surface area contributed by atoms with Crippen LogP contribution in [0.15, 0.2) is 48.5 Å². The molecule has 6 nitrogen and oxygen atoms in total. The number of hydrogen-bond acceptors (Lipinski definition) is 3. The molecule has 3 amide bonds. The predicted octanol–water partition coefficient (Wildman–Crippen LogP) is 4.58. The molecule has 1 N–H and O–H groups in total. The lowest BCUT2D eigenvalue weighted by Crippen LogP contribution is -2.59. The van der Waals surface area contributed by atoms with Gasteiger partial charge in [0.1, 0.15) is 6.04 Å². The van der Waals surface area contributed by atoms with Crippen LogP contribution in [-0.4, -0.2) is 59.2 Å². The van der Waals surface area contributed by atoms with E-state index >= 15 is 0 Å². The lowest BCUT2D eigenvalue weighted by atomic mass is 10.0. The first-order valence-electron chi connectivity index (χ1n) is 11.7. The molecule has 0 bridgehead atoms. The molecule has 0 aliphatic carbocycles. The topological polar surface area (TPSA) is 69.7 Å². The van der Waals surface area contributed by atoms with Gasteiger partial charge in [-0.1, -0.05) is 66.9 Å². The fraction of sp³-hybridized carbons (Fsp3) is 0.423. The van der Waals surface area contributed by atoms with Crippen molar-refractivity contribution in [3.05, 3.63) is 69.7 Å². The number of nitrogens with zero attached hydrogens (tertiary/aromatic N) is 2. The highest BCUT2D eigenvalue weighted by atomic mass is 35.5. The molecule has 0 aromatic heterocycles. The summed E-state index contributed by atoms with van der Waals surface area (Å²) in [5.41, 5.74) is 1.20. The Balaban J connectivity index is 1.74. The van der Waals surface area contributed by atoms with Crippen LogP contribution in [0.4, 0.5) is 0 Å². The van der Waals surface area contributed by atoms with Gasteiger partial charge in [0, 0.05) is 43.5 Å². The van der Waals surface area contributed by atoms with Crippen LogP contribution in [0.2, 0.25) is 10.0 Å². The van der Waals surface area contributed by atoms with E-state index in [-0.39, 0.29) is 28.4 Å². The van der Waals surface area contributed by atoms with Crippen molar-refractivity contribution in [2.45, 2.75) is 51.6 Å². The molecule has 182 valence electrons. The lowest BCUT2D eigenvalue weighted by Gasteiger charge is -2.41. The maximum absolute atomic E-state index is 13.6. The molecule has 2 unspecified atom stereocenters. The van der Waals surface area contributed by atoms with Gasteiger partial charge in [-0.05, 0) is 37.1 Å². The van der Waals surface area contributed by atoms with Crippen molar-refractivity contribution in [3.8, 4) is 0 Å². The van der Waals surface area contributed by atoms with Crippen LogP contribution in [0.25, 0.3) is 0 Å². The standard InChI is InChI=1S/C26H31Cl2N3O3/c1-3-4-10-24(32)31-14-13-30(17-18(31)2)26(34)23(15-19-8-6-5-7-9-19)29-25(33)21-12-11-20(27)16-22(21)28/h5-9,11-12,16,18,23H,3-4,10,13-15,17H2,1-2H3,(H,29,33). The molecule has 1 heterocycles. The van der Waals surface area contributed by atoms with Gasteiger partial charge in [0.25, 0.3) is 5.91 Å². The highest BCUT2D eigenvalue weighted by Gasteiger charge is 2.33. The maximum atomic E-state index is 13.6. The van der Waals surface area contributed by atoms with E-state index in [4.69, 9.17) is 23.2 Å². The van der Waals surface area contributed by atoms with Gasteiger partial charge in [0.15, 0.2) is 0 Å². The molecule has 1 fully saturated rings. The van der Waals surface area contributed by atoms with E-state index in [9.17, 15) is 14.4 Å². The van der Waals surface area contributed by atoms with Crippen molar-refractivity contribution in [2.75, 3.05) is 19.6 Å². The Bertz CT molecular complexity index is 1020. The average Bonchev–Trinajstić information content (AvgIpc) is 2.82. The Morgan fingerprint density at radius 2 is 1.82 bits per heavy atom. The third kappa shape index (κ3) is 6.73. The smallest absolute Gasteiger partial charge is 0.253 e. The summed E-state index contributed by atoms with van der Waals surface area (Å²) in [4.78, 5) is 42.7. The molecular weight excluding hydrogens is 473 g/mol. The van der Waals surface area contributed by atoms with Gasteiger partial charge < -0.3 is 15.1 Å². The second kappa shape index (κ2) is 12.2. The molecule has 1 aliphatic rings. The maximum Gasteiger partial charge on any atom is 0.253 e. The summed E-state index contributed by atoms with van der Waals surface area (Å²) in [7, 11) is 0.